The van der Waals surface area contributed by atoms with Crippen molar-refractivity contribution in [1.29, 1.82) is 0 Å². The summed E-state index contributed by atoms with van der Waals surface area (Å²) in [6.45, 7) is 2.24. The van der Waals surface area contributed by atoms with Crippen molar-refractivity contribution in [3.8, 4) is 0 Å². The lowest BCUT2D eigenvalue weighted by atomic mass is 9.84. The number of hydrogen-bond donors (Lipinski definition) is 5. The molecule has 2 aliphatic rings. The number of benzene rings is 1. The number of rotatable bonds is 26. The van der Waals surface area contributed by atoms with E-state index in [0.29, 0.717) is 45.1 Å². The summed E-state index contributed by atoms with van der Waals surface area (Å²) in [6, 6.07) is 6.92. The SMILES string of the molecule is CCCCC(CO[PH](=O)OC(CCCCNC(=O)C(F)(F)F)C(=O)OC(=O)[C@@H]1CCCN1)NC(=O)C(CCCCNC(=O)OCc1ccccc1)NC(=O)C1CCC1. The van der Waals surface area contributed by atoms with E-state index < -0.39 is 68.5 Å². The van der Waals surface area contributed by atoms with E-state index >= 15 is 0 Å². The predicted octanol–water partition coefficient (Wildman–Crippen LogP) is 4.51. The molecule has 1 aliphatic carbocycles. The highest BCUT2D eigenvalue weighted by molar-refractivity contribution is 7.33. The summed E-state index contributed by atoms with van der Waals surface area (Å²) in [4.78, 5) is 75.1. The average Bonchev–Trinajstić information content (AvgIpc) is 3.72. The molecule has 16 nitrogen and oxygen atoms in total. The van der Waals surface area contributed by atoms with Gasteiger partial charge in [-0.3, -0.25) is 23.5 Å². The molecule has 3 rings (SSSR count). The third-order valence-electron chi connectivity index (χ3n) is 9.65. The first-order valence-electron chi connectivity index (χ1n) is 20.0. The van der Waals surface area contributed by atoms with Gasteiger partial charge in [-0.15, -0.1) is 0 Å². The number of unbranched alkanes of at least 4 members (excludes halogenated alkanes) is 3. The Morgan fingerprint density at radius 3 is 2.22 bits per heavy atom. The van der Waals surface area contributed by atoms with Crippen LogP contribution in [0.25, 0.3) is 0 Å². The topological polar surface area (TPSA) is 217 Å². The summed E-state index contributed by atoms with van der Waals surface area (Å²) in [5.74, 6) is -5.01. The average molecular weight is 848 g/mol. The van der Waals surface area contributed by atoms with Crippen LogP contribution in [0.4, 0.5) is 18.0 Å². The molecule has 1 heterocycles. The van der Waals surface area contributed by atoms with E-state index in [1.807, 2.05) is 37.3 Å². The number of hydrogen-bond acceptors (Lipinski definition) is 12. The van der Waals surface area contributed by atoms with E-state index in [0.717, 1.165) is 31.2 Å². The highest BCUT2D eigenvalue weighted by Gasteiger charge is 2.38. The fraction of sp³-hybridized carbons (Fsp3) is 0.684. The smallest absolute Gasteiger partial charge is 0.445 e. The number of esters is 2. The van der Waals surface area contributed by atoms with Crippen LogP contribution in [-0.4, -0.2) is 92.4 Å². The van der Waals surface area contributed by atoms with Crippen LogP contribution >= 0.6 is 8.25 Å². The second kappa shape index (κ2) is 26.1. The van der Waals surface area contributed by atoms with Gasteiger partial charge in [-0.1, -0.05) is 56.5 Å². The second-order valence-corrected chi connectivity index (χ2v) is 15.4. The molecular formula is C38H57F3N5O11P. The third kappa shape index (κ3) is 18.7. The molecule has 0 radical (unpaired) electrons. The molecule has 1 aromatic rings. The zero-order chi connectivity index (χ0) is 42.3. The summed E-state index contributed by atoms with van der Waals surface area (Å²) in [7, 11) is -3.47. The molecule has 326 valence electrons. The summed E-state index contributed by atoms with van der Waals surface area (Å²) >= 11 is 0. The molecule has 1 saturated carbocycles. The summed E-state index contributed by atoms with van der Waals surface area (Å²) < 4.78 is 71.7. The highest BCUT2D eigenvalue weighted by Crippen LogP contribution is 2.30. The van der Waals surface area contributed by atoms with Crippen molar-refractivity contribution in [2.24, 2.45) is 5.92 Å². The minimum Gasteiger partial charge on any atom is -0.445 e. The number of carbonyl (C=O) groups excluding carboxylic acids is 6. The minimum absolute atomic E-state index is 0.00371. The molecule has 5 N–H and O–H groups in total. The molecule has 2 fully saturated rings. The molecule has 58 heavy (non-hydrogen) atoms. The molecule has 4 amide bonds. The van der Waals surface area contributed by atoms with Gasteiger partial charge in [0.15, 0.2) is 6.10 Å². The maximum atomic E-state index is 13.6. The molecule has 20 heteroatoms. The predicted molar refractivity (Wildman–Crippen MR) is 204 cm³/mol. The first kappa shape index (κ1) is 48.3. The Labute approximate surface area is 337 Å². The van der Waals surface area contributed by atoms with Gasteiger partial charge in [-0.2, -0.15) is 13.2 Å². The zero-order valence-corrected chi connectivity index (χ0v) is 33.8. The van der Waals surface area contributed by atoms with Crippen LogP contribution in [0, 0.1) is 5.92 Å². The van der Waals surface area contributed by atoms with Crippen molar-refractivity contribution in [2.45, 2.75) is 134 Å². The Balaban J connectivity index is 1.54. The molecule has 0 spiro atoms. The van der Waals surface area contributed by atoms with Gasteiger partial charge in [0, 0.05) is 19.0 Å². The number of ether oxygens (including phenoxy) is 2. The van der Waals surface area contributed by atoms with Crippen molar-refractivity contribution in [2.75, 3.05) is 26.2 Å². The monoisotopic (exact) mass is 847 g/mol. The largest absolute Gasteiger partial charge is 0.471 e. The van der Waals surface area contributed by atoms with Gasteiger partial charge in [0.1, 0.15) is 18.7 Å². The molecule has 4 unspecified atom stereocenters. The summed E-state index contributed by atoms with van der Waals surface area (Å²) in [5, 5.41) is 13.0. The number of halogens is 3. The molecule has 1 saturated heterocycles. The fourth-order valence-electron chi connectivity index (χ4n) is 6.04. The van der Waals surface area contributed by atoms with E-state index in [-0.39, 0.29) is 63.8 Å². The van der Waals surface area contributed by atoms with Gasteiger partial charge in [0.2, 0.25) is 11.8 Å². The van der Waals surface area contributed by atoms with Gasteiger partial charge in [0.05, 0.1) is 12.6 Å². The van der Waals surface area contributed by atoms with Crippen LogP contribution in [0.1, 0.15) is 102 Å². The molecular weight excluding hydrogens is 790 g/mol. The Kier molecular flexibility index (Phi) is 21.8. The zero-order valence-electron chi connectivity index (χ0n) is 32.8. The van der Waals surface area contributed by atoms with Crippen LogP contribution in [0.5, 0.6) is 0 Å². The fourth-order valence-corrected chi connectivity index (χ4v) is 6.89. The van der Waals surface area contributed by atoms with Crippen LogP contribution in [0.15, 0.2) is 30.3 Å². The summed E-state index contributed by atoms with van der Waals surface area (Å²) in [6.07, 6.45) is -0.836. The molecule has 1 aromatic carbocycles. The number of carbonyl (C=O) groups is 6. The van der Waals surface area contributed by atoms with Crippen molar-refractivity contribution < 1.29 is 65.0 Å². The normalized spacial score (nSPS) is 17.5. The molecule has 0 aromatic heterocycles. The molecule has 0 bridgehead atoms. The standard InChI is InChI=1S/C38H57F3N5O11P/c1-2-3-17-28(25-55-58(53)57-31(20-8-10-21-43-36(51)38(39,40)41)35(50)56-34(49)30-19-12-23-42-30)45-33(48)29(46-32(47)27-15-11-16-27)18-7-9-22-44-37(52)54-24-26-13-5-4-6-14-26/h4-6,13-14,27-31,42,58H,2-3,7-12,15-25H2,1H3,(H,43,51)(H,44,52)(H,45,48)(H,46,47)/t28?,29?,30-,31?/m0/s1. The lowest BCUT2D eigenvalue weighted by molar-refractivity contribution is -0.173. The number of amides is 4. The molecule has 1 aliphatic heterocycles. The first-order valence-corrected chi connectivity index (χ1v) is 21.2. The van der Waals surface area contributed by atoms with Gasteiger partial charge < -0.3 is 40.6 Å². The van der Waals surface area contributed by atoms with E-state index in [4.69, 9.17) is 18.5 Å². The minimum atomic E-state index is -5.06. The third-order valence-corrected chi connectivity index (χ3v) is 10.5. The lowest BCUT2D eigenvalue weighted by Gasteiger charge is -2.28. The Hall–Kier alpha value is -4.06. The van der Waals surface area contributed by atoms with Crippen molar-refractivity contribution in [3.63, 3.8) is 0 Å². The van der Waals surface area contributed by atoms with Gasteiger partial charge in [-0.25, -0.2) is 14.4 Å². The molecule has 5 atom stereocenters. The maximum Gasteiger partial charge on any atom is 0.471 e. The van der Waals surface area contributed by atoms with E-state index in [2.05, 4.69) is 21.3 Å². The lowest BCUT2D eigenvalue weighted by Crippen LogP contribution is -2.52. The Morgan fingerprint density at radius 2 is 1.59 bits per heavy atom. The van der Waals surface area contributed by atoms with E-state index in [1.165, 1.54) is 0 Å². The Morgan fingerprint density at radius 1 is 0.879 bits per heavy atom. The second-order valence-electron chi connectivity index (χ2n) is 14.3. The van der Waals surface area contributed by atoms with Gasteiger partial charge >= 0.3 is 38.4 Å². The maximum absolute atomic E-state index is 13.6. The van der Waals surface area contributed by atoms with Crippen molar-refractivity contribution >= 4 is 44.0 Å². The van der Waals surface area contributed by atoms with Crippen molar-refractivity contribution in [3.05, 3.63) is 35.9 Å². The van der Waals surface area contributed by atoms with E-state index in [1.54, 1.807) is 5.32 Å². The highest BCUT2D eigenvalue weighted by atomic mass is 31.1. The quantitative estimate of drug-likeness (QED) is 0.0377. The van der Waals surface area contributed by atoms with Crippen LogP contribution in [0.2, 0.25) is 0 Å². The first-order chi connectivity index (χ1) is 27.8. The number of alkyl carbamates (subject to hydrolysis) is 1. The van der Waals surface area contributed by atoms with Gasteiger partial charge in [0.25, 0.3) is 0 Å². The van der Waals surface area contributed by atoms with Crippen LogP contribution < -0.4 is 26.6 Å². The van der Waals surface area contributed by atoms with Crippen molar-refractivity contribution in [1.82, 2.24) is 26.6 Å². The number of alkyl halides is 3. The van der Waals surface area contributed by atoms with Crippen LogP contribution in [-0.2, 0) is 53.7 Å². The summed E-state index contributed by atoms with van der Waals surface area (Å²) in [5.41, 5.74) is 0.846. The Bertz CT molecular complexity index is 1500. The van der Waals surface area contributed by atoms with E-state index in [9.17, 15) is 46.5 Å². The number of nitrogens with one attached hydrogen (secondary N) is 5. The van der Waals surface area contributed by atoms with Crippen LogP contribution in [0.3, 0.4) is 0 Å². The van der Waals surface area contributed by atoms with Gasteiger partial charge in [-0.05, 0) is 82.7 Å².